The van der Waals surface area contributed by atoms with Crippen molar-refractivity contribution in [1.29, 1.82) is 0 Å². The number of nitrogens with zero attached hydrogens (tertiary/aromatic N) is 1. The number of carbonyl (C=O) groups is 7. The molecule has 388 valence electrons. The number of carbonyl (C=O) groups excluding carboxylic acids is 6. The monoisotopic (exact) mass is 995 g/mol. The molecule has 0 bridgehead atoms. The second-order valence-electron chi connectivity index (χ2n) is 18.2. The van der Waals surface area contributed by atoms with Crippen LogP contribution in [0.1, 0.15) is 93.7 Å². The molecule has 6 amide bonds. The van der Waals surface area contributed by atoms with E-state index in [0.717, 1.165) is 16.5 Å². The number of hydrogen-bond acceptors (Lipinski definition) is 11. The van der Waals surface area contributed by atoms with Crippen LogP contribution >= 0.6 is 0 Å². The third kappa shape index (κ3) is 16.3. The molecule has 0 unspecified atom stereocenters. The van der Waals surface area contributed by atoms with E-state index >= 15 is 0 Å². The van der Waals surface area contributed by atoms with E-state index in [-0.39, 0.29) is 63.4 Å². The number of H-pyrrole nitrogens is 1. The highest BCUT2D eigenvalue weighted by atomic mass is 16.5. The smallest absolute Gasteiger partial charge is 0.305 e. The predicted molar refractivity (Wildman–Crippen MR) is 272 cm³/mol. The standard InChI is InChI=1S/C51H70N12O9/c1-2-72-35-19-17-32(18-20-35)33-21-23-51(24-22-33,63-45(67)37(53)29-43(64)65)49(71)62-41(27-31-11-4-3-5-12-31)47(69)60-40(16-10-26-57-50(55)56)46(68)61-42(28-34-30-58-38-14-7-6-13-36(34)38)48(70)59-39(44(54)66)15-8-9-25-52/h3-7,11-14,17-20,30,33,37,39-42,58H,2,8-10,15-16,21-29,52-53H2,1H3,(H2,54,66)(H,59,70)(H,60,69)(H,61,68)(H,62,71)(H,63,67)(H,64,65)(H4,55,56,57)/t33?,37-,39-,40-,41+,42-,51?/m0/s1. The minimum atomic E-state index is -1.61. The quantitative estimate of drug-likeness (QED) is 0.0215. The highest BCUT2D eigenvalue weighted by molar-refractivity contribution is 5.99. The lowest BCUT2D eigenvalue weighted by Gasteiger charge is -2.41. The average molecular weight is 995 g/mol. The van der Waals surface area contributed by atoms with Crippen molar-refractivity contribution in [2.75, 3.05) is 19.7 Å². The fourth-order valence-corrected chi connectivity index (χ4v) is 8.92. The summed E-state index contributed by atoms with van der Waals surface area (Å²) < 4.78 is 5.61. The zero-order valence-electron chi connectivity index (χ0n) is 40.7. The lowest BCUT2D eigenvalue weighted by Crippen LogP contribution is -2.65. The van der Waals surface area contributed by atoms with E-state index in [1.807, 2.05) is 55.5 Å². The molecule has 1 aliphatic rings. The van der Waals surface area contributed by atoms with Gasteiger partial charge in [0.25, 0.3) is 0 Å². The summed E-state index contributed by atoms with van der Waals surface area (Å²) in [5.74, 6) is -5.34. The molecule has 5 rings (SSSR count). The molecule has 1 heterocycles. The molecule has 72 heavy (non-hydrogen) atoms. The third-order valence-electron chi connectivity index (χ3n) is 12.9. The zero-order valence-corrected chi connectivity index (χ0v) is 40.7. The van der Waals surface area contributed by atoms with Crippen molar-refractivity contribution >= 4 is 58.3 Å². The van der Waals surface area contributed by atoms with Crippen LogP contribution in [0.3, 0.4) is 0 Å². The SMILES string of the molecule is CCOc1ccc(C2CCC(NC(=O)[C@@H](N)CC(=O)O)(C(=O)N[C@H](Cc3ccccc3)C(=O)N[C@@H](CCCN=C(N)N)C(=O)N[C@@H](Cc3c[nH]c4ccccc34)C(=O)N[C@@H](CCCCN)C(N)=O)CC2)cc1. The van der Waals surface area contributed by atoms with Crippen LogP contribution in [-0.2, 0) is 46.4 Å². The van der Waals surface area contributed by atoms with Crippen molar-refractivity contribution in [2.24, 2.45) is 33.7 Å². The number of carboxylic acids is 1. The van der Waals surface area contributed by atoms with Gasteiger partial charge in [-0.15, -0.1) is 0 Å². The summed E-state index contributed by atoms with van der Waals surface area (Å²) in [4.78, 5) is 103. The highest BCUT2D eigenvalue weighted by Gasteiger charge is 2.45. The first-order valence-electron chi connectivity index (χ1n) is 24.4. The minimum Gasteiger partial charge on any atom is -0.494 e. The summed E-state index contributed by atoms with van der Waals surface area (Å²) in [7, 11) is 0. The van der Waals surface area contributed by atoms with Crippen LogP contribution < -0.4 is 60.0 Å². The topological polar surface area (TPSA) is 367 Å². The van der Waals surface area contributed by atoms with Crippen molar-refractivity contribution < 1.29 is 43.4 Å². The molecule has 4 aromatic rings. The lowest BCUT2D eigenvalue weighted by atomic mass is 9.73. The van der Waals surface area contributed by atoms with Gasteiger partial charge in [0.2, 0.25) is 35.4 Å². The molecule has 0 spiro atoms. The van der Waals surface area contributed by atoms with Gasteiger partial charge in [-0.1, -0.05) is 60.7 Å². The van der Waals surface area contributed by atoms with Crippen LogP contribution in [0.5, 0.6) is 5.75 Å². The molecule has 1 aromatic heterocycles. The van der Waals surface area contributed by atoms with Gasteiger partial charge in [-0.25, -0.2) is 0 Å². The summed E-state index contributed by atoms with van der Waals surface area (Å²) in [6, 6.07) is 17.4. The summed E-state index contributed by atoms with van der Waals surface area (Å²) in [5, 5.41) is 24.2. The Morgan fingerprint density at radius 1 is 0.750 bits per heavy atom. The molecule has 0 radical (unpaired) electrons. The number of primary amides is 1. The van der Waals surface area contributed by atoms with E-state index in [2.05, 4.69) is 36.6 Å². The Labute approximate surface area is 418 Å². The molecule has 21 nitrogen and oxygen atoms in total. The summed E-state index contributed by atoms with van der Waals surface area (Å²) in [6.07, 6.45) is 3.52. The fraction of sp³-hybridized carbons (Fsp3) is 0.451. The van der Waals surface area contributed by atoms with Gasteiger partial charge in [0, 0.05) is 36.5 Å². The van der Waals surface area contributed by atoms with Crippen LogP contribution in [0.4, 0.5) is 0 Å². The summed E-state index contributed by atoms with van der Waals surface area (Å²) in [6.45, 7) is 2.85. The Balaban J connectivity index is 1.45. The van der Waals surface area contributed by atoms with Crippen molar-refractivity contribution in [3.05, 3.63) is 102 Å². The fourth-order valence-electron chi connectivity index (χ4n) is 8.92. The molecule has 5 atom stereocenters. The van der Waals surface area contributed by atoms with Gasteiger partial charge in [-0.05, 0) is 112 Å². The van der Waals surface area contributed by atoms with Gasteiger partial charge >= 0.3 is 5.97 Å². The van der Waals surface area contributed by atoms with Crippen molar-refractivity contribution in [3.8, 4) is 5.75 Å². The molecule has 0 aliphatic heterocycles. The van der Waals surface area contributed by atoms with Crippen molar-refractivity contribution in [2.45, 2.75) is 126 Å². The number of ether oxygens (including phenoxy) is 1. The van der Waals surface area contributed by atoms with Crippen LogP contribution in [0.2, 0.25) is 0 Å². The third-order valence-corrected chi connectivity index (χ3v) is 12.9. The number of unbranched alkanes of at least 4 members (excludes halogenated alkanes) is 1. The van der Waals surface area contributed by atoms with Gasteiger partial charge < -0.3 is 70.1 Å². The minimum absolute atomic E-state index is 0.00690. The maximum atomic E-state index is 14.9. The number of aromatic amines is 1. The van der Waals surface area contributed by atoms with Crippen LogP contribution in [0.25, 0.3) is 10.9 Å². The van der Waals surface area contributed by atoms with E-state index < -0.39 is 83.6 Å². The molecular formula is C51H70N12O9. The first-order valence-corrected chi connectivity index (χ1v) is 24.4. The van der Waals surface area contributed by atoms with Gasteiger partial charge in [-0.3, -0.25) is 38.6 Å². The van der Waals surface area contributed by atoms with Gasteiger partial charge in [0.05, 0.1) is 19.1 Å². The number of rotatable bonds is 28. The van der Waals surface area contributed by atoms with Crippen molar-refractivity contribution in [1.82, 2.24) is 31.6 Å². The largest absolute Gasteiger partial charge is 0.494 e. The lowest BCUT2D eigenvalue weighted by molar-refractivity contribution is -0.141. The zero-order chi connectivity index (χ0) is 52.2. The summed E-state index contributed by atoms with van der Waals surface area (Å²) >= 11 is 0. The number of aromatic nitrogens is 1. The first-order chi connectivity index (χ1) is 34.5. The normalized spacial score (nSPS) is 17.5. The molecule has 3 aromatic carbocycles. The molecule has 1 fully saturated rings. The number of guanidine groups is 1. The number of para-hydroxylation sites is 1. The van der Waals surface area contributed by atoms with E-state index in [1.165, 1.54) is 0 Å². The summed E-state index contributed by atoms with van der Waals surface area (Å²) in [5.41, 5.74) is 30.1. The van der Waals surface area contributed by atoms with Gasteiger partial charge in [0.15, 0.2) is 5.96 Å². The number of hydrogen-bond donors (Lipinski definition) is 12. The van der Waals surface area contributed by atoms with E-state index in [9.17, 15) is 38.7 Å². The number of benzene rings is 3. The second-order valence-corrected chi connectivity index (χ2v) is 18.2. The molecule has 1 aliphatic carbocycles. The first kappa shape index (κ1) is 55.4. The number of nitrogens with two attached hydrogens (primary N) is 5. The Morgan fingerprint density at radius 2 is 1.36 bits per heavy atom. The predicted octanol–water partition coefficient (Wildman–Crippen LogP) is 0.974. The average Bonchev–Trinajstić information content (AvgIpc) is 3.77. The Kier molecular flexibility index (Phi) is 20.9. The molecule has 21 heteroatoms. The maximum Gasteiger partial charge on any atom is 0.305 e. The van der Waals surface area contributed by atoms with E-state index in [0.29, 0.717) is 55.7 Å². The molecular weight excluding hydrogens is 925 g/mol. The number of aliphatic imine (C=N–C) groups is 1. The van der Waals surface area contributed by atoms with E-state index in [4.69, 9.17) is 33.4 Å². The number of carboxylic acid groups (broad SMARTS) is 1. The number of fused-ring (bicyclic) bond motifs is 1. The molecule has 1 saturated carbocycles. The van der Waals surface area contributed by atoms with Crippen LogP contribution in [0, 0.1) is 0 Å². The van der Waals surface area contributed by atoms with Gasteiger partial charge in [-0.2, -0.15) is 0 Å². The Morgan fingerprint density at radius 3 is 2.00 bits per heavy atom. The molecule has 0 saturated heterocycles. The van der Waals surface area contributed by atoms with Gasteiger partial charge in [0.1, 0.15) is 35.5 Å². The number of nitrogens with one attached hydrogen (secondary N) is 6. The molecule has 17 N–H and O–H groups in total. The Hall–Kier alpha value is -7.52. The second kappa shape index (κ2) is 27.2. The van der Waals surface area contributed by atoms with Crippen LogP contribution in [-0.4, -0.2) is 113 Å². The van der Waals surface area contributed by atoms with E-state index in [1.54, 1.807) is 36.5 Å². The number of amides is 6. The van der Waals surface area contributed by atoms with Crippen LogP contribution in [0.15, 0.2) is 90.1 Å². The van der Waals surface area contributed by atoms with Crippen molar-refractivity contribution in [3.63, 3.8) is 0 Å². The number of aliphatic carboxylic acids is 1. The highest BCUT2D eigenvalue weighted by Crippen LogP contribution is 2.39. The Bertz CT molecular complexity index is 2490. The maximum absolute atomic E-state index is 14.9.